The number of aryl methyl sites for hydroxylation is 1. The minimum atomic E-state index is -0.909. The van der Waals surface area contributed by atoms with Crippen molar-refractivity contribution in [3.63, 3.8) is 0 Å². The maximum atomic E-state index is 14.0. The van der Waals surface area contributed by atoms with Crippen LogP contribution < -0.4 is 15.8 Å². The Morgan fingerprint density at radius 3 is 2.71 bits per heavy atom. The summed E-state index contributed by atoms with van der Waals surface area (Å²) in [6.07, 6.45) is 5.17. The van der Waals surface area contributed by atoms with Gasteiger partial charge in [0.1, 0.15) is 17.5 Å². The molecule has 4 rings (SSSR count). The molecule has 8 nitrogen and oxygen atoms in total. The molecule has 1 atom stereocenters. The van der Waals surface area contributed by atoms with Gasteiger partial charge < -0.3 is 20.7 Å². The van der Waals surface area contributed by atoms with E-state index in [0.29, 0.717) is 23.4 Å². The van der Waals surface area contributed by atoms with Crippen molar-refractivity contribution < 1.29 is 13.9 Å². The number of anilines is 1. The van der Waals surface area contributed by atoms with Crippen molar-refractivity contribution >= 4 is 34.9 Å². The summed E-state index contributed by atoms with van der Waals surface area (Å²) in [5.41, 5.74) is 7.69. The number of ether oxygens (including phenoxy) is 1. The quantitative estimate of drug-likeness (QED) is 0.340. The molecule has 38 heavy (non-hydrogen) atoms. The van der Waals surface area contributed by atoms with E-state index in [1.54, 1.807) is 23.9 Å². The van der Waals surface area contributed by atoms with Crippen LogP contribution in [0.5, 0.6) is 5.75 Å². The van der Waals surface area contributed by atoms with Gasteiger partial charge in [-0.25, -0.2) is 9.37 Å². The van der Waals surface area contributed by atoms with Gasteiger partial charge in [-0.2, -0.15) is 5.10 Å². The third-order valence-corrected chi connectivity index (χ3v) is 7.64. The molecular weight excluding hydrogens is 530 g/mol. The number of pyridine rings is 1. The molecule has 0 radical (unpaired) electrons. The van der Waals surface area contributed by atoms with Crippen LogP contribution in [-0.4, -0.2) is 51.8 Å². The first-order valence-corrected chi connectivity index (χ1v) is 13.4. The Kier molecular flexibility index (Phi) is 8.49. The molecule has 2 aromatic heterocycles. The molecule has 0 saturated carbocycles. The molecule has 1 amide bonds. The molecule has 1 saturated heterocycles. The summed E-state index contributed by atoms with van der Waals surface area (Å²) >= 11 is 12.4. The summed E-state index contributed by atoms with van der Waals surface area (Å²) in [5, 5.41) is 7.85. The maximum absolute atomic E-state index is 14.0. The minimum Gasteiger partial charge on any atom is -0.482 e. The van der Waals surface area contributed by atoms with Gasteiger partial charge in [0.15, 0.2) is 11.6 Å². The van der Waals surface area contributed by atoms with Crippen molar-refractivity contribution in [2.45, 2.75) is 52.2 Å². The van der Waals surface area contributed by atoms with Gasteiger partial charge >= 0.3 is 0 Å². The smallest absolute Gasteiger partial charge is 0.247 e. The molecule has 0 bridgehead atoms. The molecule has 3 heterocycles. The highest BCUT2D eigenvalue weighted by molar-refractivity contribution is 6.36. The monoisotopic (exact) mass is 562 g/mol. The van der Waals surface area contributed by atoms with E-state index >= 15 is 0 Å². The highest BCUT2D eigenvalue weighted by atomic mass is 35.5. The fourth-order valence-electron chi connectivity index (χ4n) is 4.55. The fraction of sp³-hybridized carbons (Fsp3) is 0.444. The second kappa shape index (κ2) is 11.5. The van der Waals surface area contributed by atoms with Crippen molar-refractivity contribution in [1.29, 1.82) is 0 Å². The van der Waals surface area contributed by atoms with Crippen LogP contribution >= 0.6 is 23.2 Å². The van der Waals surface area contributed by atoms with Crippen molar-refractivity contribution in [3.05, 3.63) is 57.7 Å². The van der Waals surface area contributed by atoms with Gasteiger partial charge in [0.25, 0.3) is 0 Å². The molecule has 1 aliphatic rings. The molecule has 204 valence electrons. The average molecular weight is 564 g/mol. The standard InChI is InChI=1S/C27H33Cl2FN6O2/c1-16-19(15-36(34-16)27(3,4)26(37)32-9-12-35-10-5-6-11-35)18-13-22(25(31)33-14-18)38-17(2)23-20(28)7-8-21(30)24(23)29/h7-8,13-15,17H,5-6,9-12H2,1-4H3,(H2,31,33)(H,32,37). The number of halogens is 3. The largest absolute Gasteiger partial charge is 0.482 e. The second-order valence-electron chi connectivity index (χ2n) is 10.1. The molecule has 11 heteroatoms. The number of benzene rings is 1. The van der Waals surface area contributed by atoms with Crippen LogP contribution in [0.25, 0.3) is 11.1 Å². The number of nitrogens with two attached hydrogens (primary N) is 1. The van der Waals surface area contributed by atoms with Crippen molar-refractivity contribution in [1.82, 2.24) is 25.0 Å². The van der Waals surface area contributed by atoms with E-state index in [9.17, 15) is 9.18 Å². The first-order valence-electron chi connectivity index (χ1n) is 12.6. The van der Waals surface area contributed by atoms with E-state index in [4.69, 9.17) is 33.7 Å². The number of nitrogens with one attached hydrogen (secondary N) is 1. The summed E-state index contributed by atoms with van der Waals surface area (Å²) in [5.74, 6) is -0.251. The highest BCUT2D eigenvalue weighted by Crippen LogP contribution is 2.37. The number of carbonyl (C=O) groups is 1. The van der Waals surface area contributed by atoms with Gasteiger partial charge in [-0.15, -0.1) is 0 Å². The number of amides is 1. The van der Waals surface area contributed by atoms with Crippen LogP contribution in [-0.2, 0) is 10.3 Å². The Morgan fingerprint density at radius 1 is 1.29 bits per heavy atom. The topological polar surface area (TPSA) is 98.3 Å². The summed E-state index contributed by atoms with van der Waals surface area (Å²) < 4.78 is 21.7. The lowest BCUT2D eigenvalue weighted by Gasteiger charge is -2.25. The zero-order valence-electron chi connectivity index (χ0n) is 22.0. The average Bonchev–Trinajstić information content (AvgIpc) is 3.53. The number of rotatable bonds is 9. The third kappa shape index (κ3) is 5.90. The van der Waals surface area contributed by atoms with E-state index in [1.165, 1.54) is 25.0 Å². The van der Waals surface area contributed by atoms with E-state index in [-0.39, 0.29) is 27.5 Å². The van der Waals surface area contributed by atoms with E-state index in [0.717, 1.165) is 25.2 Å². The third-order valence-electron chi connectivity index (χ3n) is 6.92. The van der Waals surface area contributed by atoms with Crippen LogP contribution in [0, 0.1) is 12.7 Å². The lowest BCUT2D eigenvalue weighted by atomic mass is 10.0. The van der Waals surface area contributed by atoms with Gasteiger partial charge in [-0.3, -0.25) is 9.48 Å². The molecule has 0 aliphatic carbocycles. The first kappa shape index (κ1) is 28.1. The molecule has 0 spiro atoms. The van der Waals surface area contributed by atoms with E-state index in [1.807, 2.05) is 27.0 Å². The van der Waals surface area contributed by atoms with Crippen LogP contribution in [0.2, 0.25) is 10.0 Å². The Bertz CT molecular complexity index is 1320. The SMILES string of the molecule is Cc1nn(C(C)(C)C(=O)NCCN2CCCC2)cc1-c1cnc(N)c(OC(C)c2c(Cl)ccc(F)c2Cl)c1. The number of aromatic nitrogens is 3. The van der Waals surface area contributed by atoms with Gasteiger partial charge in [-0.05, 0) is 71.8 Å². The highest BCUT2D eigenvalue weighted by Gasteiger charge is 2.31. The summed E-state index contributed by atoms with van der Waals surface area (Å²) in [6.45, 7) is 10.8. The summed E-state index contributed by atoms with van der Waals surface area (Å²) in [6, 6.07) is 4.36. The molecule has 1 aromatic carbocycles. The Hall–Kier alpha value is -2.88. The van der Waals surface area contributed by atoms with Crippen molar-refractivity contribution in [2.75, 3.05) is 31.9 Å². The van der Waals surface area contributed by atoms with Crippen LogP contribution in [0.3, 0.4) is 0 Å². The Balaban J connectivity index is 1.52. The lowest BCUT2D eigenvalue weighted by molar-refractivity contribution is -0.128. The fourth-order valence-corrected chi connectivity index (χ4v) is 5.22. The molecule has 1 aliphatic heterocycles. The number of likely N-dealkylation sites (tertiary alicyclic amines) is 1. The zero-order valence-corrected chi connectivity index (χ0v) is 23.5. The maximum Gasteiger partial charge on any atom is 0.247 e. The lowest BCUT2D eigenvalue weighted by Crippen LogP contribution is -2.46. The van der Waals surface area contributed by atoms with Crippen LogP contribution in [0.15, 0.2) is 30.6 Å². The second-order valence-corrected chi connectivity index (χ2v) is 10.8. The predicted molar refractivity (Wildman–Crippen MR) is 148 cm³/mol. The van der Waals surface area contributed by atoms with E-state index in [2.05, 4.69) is 20.3 Å². The van der Waals surface area contributed by atoms with Crippen LogP contribution in [0.1, 0.15) is 51.0 Å². The van der Waals surface area contributed by atoms with Crippen molar-refractivity contribution in [3.8, 4) is 16.9 Å². The van der Waals surface area contributed by atoms with Crippen molar-refractivity contribution in [2.24, 2.45) is 0 Å². The normalized spacial score (nSPS) is 15.0. The van der Waals surface area contributed by atoms with Gasteiger partial charge in [0.05, 0.1) is 10.7 Å². The Labute approximate surface area is 232 Å². The minimum absolute atomic E-state index is 0.106. The molecule has 3 N–H and O–H groups in total. The van der Waals surface area contributed by atoms with Gasteiger partial charge in [0.2, 0.25) is 5.91 Å². The number of nitrogen functional groups attached to an aromatic ring is 1. The van der Waals surface area contributed by atoms with Gasteiger partial charge in [-0.1, -0.05) is 23.2 Å². The van der Waals surface area contributed by atoms with Crippen LogP contribution in [0.4, 0.5) is 10.2 Å². The number of carbonyl (C=O) groups excluding carboxylic acids is 1. The predicted octanol–water partition coefficient (Wildman–Crippen LogP) is 5.37. The summed E-state index contributed by atoms with van der Waals surface area (Å²) in [4.78, 5) is 19.7. The molecule has 3 aromatic rings. The zero-order chi connectivity index (χ0) is 27.6. The molecular formula is C27H33Cl2FN6O2. The number of nitrogens with zero attached hydrogens (tertiary/aromatic N) is 4. The number of hydrogen-bond acceptors (Lipinski definition) is 6. The summed E-state index contributed by atoms with van der Waals surface area (Å²) in [7, 11) is 0. The Morgan fingerprint density at radius 2 is 2.00 bits per heavy atom. The van der Waals surface area contributed by atoms with E-state index < -0.39 is 17.5 Å². The first-order chi connectivity index (χ1) is 18.0. The molecule has 1 fully saturated rings. The number of hydrogen-bond donors (Lipinski definition) is 2. The van der Waals surface area contributed by atoms with Gasteiger partial charge in [0, 0.05) is 47.2 Å². The molecule has 1 unspecified atom stereocenters.